The molecular weight excluding hydrogens is 328 g/mol. The molecule has 2 heterocycles. The van der Waals surface area contributed by atoms with Crippen LogP contribution in [0.5, 0.6) is 5.75 Å². The summed E-state index contributed by atoms with van der Waals surface area (Å²) in [7, 11) is 1.48. The summed E-state index contributed by atoms with van der Waals surface area (Å²) in [6.07, 6.45) is 0. The molecule has 0 radical (unpaired) electrons. The lowest BCUT2D eigenvalue weighted by Gasteiger charge is -2.26. The molecule has 0 saturated heterocycles. The van der Waals surface area contributed by atoms with E-state index in [0.29, 0.717) is 11.3 Å². The largest absolute Gasteiger partial charge is 0.497 e. The second kappa shape index (κ2) is 6.08. The number of carbonyl (C=O) groups excluding carboxylic acids is 1. The number of carbonyl (C=O) groups is 1. The van der Waals surface area contributed by atoms with E-state index in [1.54, 1.807) is 24.3 Å². The number of fused-ring (bicyclic) bond motifs is 1. The first kappa shape index (κ1) is 16.7. The molecule has 1 amide bonds. The Morgan fingerprint density at radius 1 is 1.32 bits per heavy atom. The predicted molar refractivity (Wildman–Crippen MR) is 89.7 cm³/mol. The summed E-state index contributed by atoms with van der Waals surface area (Å²) in [5.74, 6) is -0.987. The van der Waals surface area contributed by atoms with Gasteiger partial charge < -0.3 is 10.1 Å². The summed E-state index contributed by atoms with van der Waals surface area (Å²) >= 11 is 0. The zero-order chi connectivity index (χ0) is 18.3. The minimum Gasteiger partial charge on any atom is -0.497 e. The van der Waals surface area contributed by atoms with Gasteiger partial charge in [0, 0.05) is 11.0 Å². The number of aromatic nitrogens is 2. The quantitative estimate of drug-likeness (QED) is 0.642. The van der Waals surface area contributed by atoms with E-state index in [9.17, 15) is 19.7 Å². The molecule has 2 atom stereocenters. The van der Waals surface area contributed by atoms with Gasteiger partial charge in [-0.15, -0.1) is 0 Å². The molecular formula is C16H18N4O5. The third-order valence-electron chi connectivity index (χ3n) is 4.30. The van der Waals surface area contributed by atoms with Gasteiger partial charge in [0.2, 0.25) is 0 Å². The molecule has 25 heavy (non-hydrogen) atoms. The van der Waals surface area contributed by atoms with Gasteiger partial charge in [0.15, 0.2) is 0 Å². The van der Waals surface area contributed by atoms with Crippen molar-refractivity contribution in [3.8, 4) is 5.75 Å². The number of nitrogens with one attached hydrogen (secondary N) is 2. The van der Waals surface area contributed by atoms with E-state index in [2.05, 4.69) is 10.4 Å². The zero-order valence-corrected chi connectivity index (χ0v) is 14.0. The average Bonchev–Trinajstić information content (AvgIpc) is 2.90. The number of nitro groups is 1. The number of aromatic amines is 1. The van der Waals surface area contributed by atoms with Crippen LogP contribution in [0.25, 0.3) is 0 Å². The number of nitrogens with zero attached hydrogens (tertiary/aromatic N) is 2. The van der Waals surface area contributed by atoms with Gasteiger partial charge in [0.25, 0.3) is 5.56 Å². The molecule has 0 bridgehead atoms. The van der Waals surface area contributed by atoms with Crippen molar-refractivity contribution in [1.29, 1.82) is 0 Å². The second-order valence-electron chi connectivity index (χ2n) is 6.14. The van der Waals surface area contributed by atoms with Gasteiger partial charge in [0.05, 0.1) is 18.6 Å². The molecule has 2 aromatic rings. The topological polar surface area (TPSA) is 119 Å². The third-order valence-corrected chi connectivity index (χ3v) is 4.30. The van der Waals surface area contributed by atoms with Crippen molar-refractivity contribution in [3.05, 3.63) is 55.9 Å². The van der Waals surface area contributed by atoms with E-state index in [1.807, 2.05) is 13.8 Å². The monoisotopic (exact) mass is 346 g/mol. The number of H-pyrrole nitrogens is 1. The summed E-state index contributed by atoms with van der Waals surface area (Å²) < 4.78 is 6.68. The molecule has 0 fully saturated rings. The molecule has 0 saturated carbocycles. The fourth-order valence-electron chi connectivity index (χ4n) is 3.17. The van der Waals surface area contributed by atoms with Gasteiger partial charge in [-0.2, -0.15) is 0 Å². The van der Waals surface area contributed by atoms with Crippen LogP contribution in [0.4, 0.5) is 5.82 Å². The third kappa shape index (κ3) is 2.67. The maximum absolute atomic E-state index is 12.5. The summed E-state index contributed by atoms with van der Waals surface area (Å²) in [4.78, 5) is 35.8. The number of benzene rings is 1. The molecule has 2 unspecified atom stereocenters. The number of anilines is 1. The Labute approximate surface area is 142 Å². The Bertz CT molecular complexity index is 898. The highest BCUT2D eigenvalue weighted by Gasteiger charge is 2.48. The normalized spacial score (nSPS) is 19.4. The summed E-state index contributed by atoms with van der Waals surface area (Å²) in [6.45, 7) is 3.67. The lowest BCUT2D eigenvalue weighted by Crippen LogP contribution is -2.45. The van der Waals surface area contributed by atoms with Crippen LogP contribution in [0.1, 0.15) is 36.9 Å². The number of hydrogen-bond donors (Lipinski definition) is 2. The number of amides is 1. The van der Waals surface area contributed by atoms with Crippen LogP contribution in [0.2, 0.25) is 0 Å². The fraction of sp³-hybridized carbons (Fsp3) is 0.375. The SMILES string of the molecule is COc1cccc(C2c3c(n(C(C)C)[nH]c3=O)NC(=O)C2[N+](=O)[O-])c1. The maximum atomic E-state index is 12.5. The van der Waals surface area contributed by atoms with Crippen molar-refractivity contribution >= 4 is 11.7 Å². The minimum absolute atomic E-state index is 0.130. The second-order valence-corrected chi connectivity index (χ2v) is 6.14. The molecule has 1 aliphatic rings. The molecule has 3 rings (SSSR count). The van der Waals surface area contributed by atoms with Crippen LogP contribution in [0, 0.1) is 10.1 Å². The van der Waals surface area contributed by atoms with Crippen LogP contribution >= 0.6 is 0 Å². The van der Waals surface area contributed by atoms with Crippen molar-refractivity contribution < 1.29 is 14.5 Å². The standard InChI is InChI=1S/C16H18N4O5/c1-8(2)19-14-12(15(21)18-19)11(13(20(23)24)16(22)17-14)9-5-4-6-10(7-9)25-3/h4-8,11,13H,1-3H3,(H,17,22)(H,18,21). The summed E-state index contributed by atoms with van der Waals surface area (Å²) in [5.41, 5.74) is 0.204. The van der Waals surface area contributed by atoms with E-state index in [1.165, 1.54) is 11.8 Å². The molecule has 1 aromatic heterocycles. The van der Waals surface area contributed by atoms with E-state index in [4.69, 9.17) is 4.74 Å². The molecule has 9 nitrogen and oxygen atoms in total. The number of rotatable bonds is 4. The first-order valence-electron chi connectivity index (χ1n) is 7.77. The van der Waals surface area contributed by atoms with Crippen molar-refractivity contribution in [2.24, 2.45) is 0 Å². The van der Waals surface area contributed by atoms with E-state index in [-0.39, 0.29) is 17.4 Å². The number of ether oxygens (including phenoxy) is 1. The Hall–Kier alpha value is -3.10. The molecule has 0 spiro atoms. The molecule has 2 N–H and O–H groups in total. The molecule has 0 aliphatic carbocycles. The lowest BCUT2D eigenvalue weighted by atomic mass is 9.83. The van der Waals surface area contributed by atoms with Gasteiger partial charge in [-0.05, 0) is 31.5 Å². The average molecular weight is 346 g/mol. The molecule has 1 aromatic carbocycles. The highest BCUT2D eigenvalue weighted by molar-refractivity contribution is 5.97. The van der Waals surface area contributed by atoms with Crippen LogP contribution in [0.15, 0.2) is 29.1 Å². The van der Waals surface area contributed by atoms with Crippen molar-refractivity contribution in [3.63, 3.8) is 0 Å². The van der Waals surface area contributed by atoms with Crippen molar-refractivity contribution in [1.82, 2.24) is 9.78 Å². The fourth-order valence-corrected chi connectivity index (χ4v) is 3.17. The van der Waals surface area contributed by atoms with Crippen LogP contribution < -0.4 is 15.6 Å². The maximum Gasteiger partial charge on any atom is 0.301 e. The van der Waals surface area contributed by atoms with Crippen molar-refractivity contribution in [2.45, 2.75) is 31.8 Å². The van der Waals surface area contributed by atoms with E-state index >= 15 is 0 Å². The highest BCUT2D eigenvalue weighted by atomic mass is 16.6. The molecule has 132 valence electrons. The Balaban J connectivity index is 2.27. The zero-order valence-electron chi connectivity index (χ0n) is 14.0. The van der Waals surface area contributed by atoms with Gasteiger partial charge in [0.1, 0.15) is 11.6 Å². The van der Waals surface area contributed by atoms with E-state index < -0.39 is 28.3 Å². The Morgan fingerprint density at radius 2 is 2.04 bits per heavy atom. The van der Waals surface area contributed by atoms with Gasteiger partial charge in [-0.1, -0.05) is 12.1 Å². The van der Waals surface area contributed by atoms with Crippen LogP contribution in [-0.4, -0.2) is 33.8 Å². The predicted octanol–water partition coefficient (Wildman–Crippen LogP) is 1.50. The van der Waals surface area contributed by atoms with Crippen LogP contribution in [0.3, 0.4) is 0 Å². The van der Waals surface area contributed by atoms with Crippen molar-refractivity contribution in [2.75, 3.05) is 12.4 Å². The summed E-state index contributed by atoms with van der Waals surface area (Å²) in [6, 6.07) is 4.90. The first-order valence-corrected chi connectivity index (χ1v) is 7.77. The highest BCUT2D eigenvalue weighted by Crippen LogP contribution is 2.38. The van der Waals surface area contributed by atoms with E-state index in [0.717, 1.165) is 0 Å². The Morgan fingerprint density at radius 3 is 2.64 bits per heavy atom. The molecule has 1 aliphatic heterocycles. The van der Waals surface area contributed by atoms with Crippen LogP contribution in [-0.2, 0) is 4.79 Å². The molecule has 9 heteroatoms. The van der Waals surface area contributed by atoms with Gasteiger partial charge in [-0.3, -0.25) is 29.5 Å². The minimum atomic E-state index is -1.59. The smallest absolute Gasteiger partial charge is 0.301 e. The summed E-state index contributed by atoms with van der Waals surface area (Å²) in [5, 5.41) is 16.7. The Kier molecular flexibility index (Phi) is 4.07. The lowest BCUT2D eigenvalue weighted by molar-refractivity contribution is -0.509. The number of methoxy groups -OCH3 is 1. The first-order chi connectivity index (χ1) is 11.8. The van der Waals surface area contributed by atoms with Gasteiger partial charge in [-0.25, -0.2) is 0 Å². The number of hydrogen-bond acceptors (Lipinski definition) is 5. The van der Waals surface area contributed by atoms with Gasteiger partial charge >= 0.3 is 11.9 Å².